The molecule has 0 aliphatic carbocycles. The van der Waals surface area contributed by atoms with Crippen molar-refractivity contribution in [3.8, 4) is 11.1 Å². The molecule has 0 aliphatic rings. The number of furan rings is 1. The van der Waals surface area contributed by atoms with E-state index in [-0.39, 0.29) is 17.5 Å². The monoisotopic (exact) mass is 428 g/mol. The first kappa shape index (κ1) is 20.8. The summed E-state index contributed by atoms with van der Waals surface area (Å²) in [6, 6.07) is 9.15. The van der Waals surface area contributed by atoms with Crippen LogP contribution in [0.25, 0.3) is 11.1 Å². The van der Waals surface area contributed by atoms with E-state index in [1.165, 1.54) is 29.2 Å². The molecule has 0 atom stereocenters. The Kier molecular flexibility index (Phi) is 6.46. The highest BCUT2D eigenvalue weighted by atomic mass is 32.1. The summed E-state index contributed by atoms with van der Waals surface area (Å²) in [5.41, 5.74) is 4.33. The highest BCUT2D eigenvalue weighted by Gasteiger charge is 2.23. The molecule has 2 N–H and O–H groups in total. The summed E-state index contributed by atoms with van der Waals surface area (Å²) in [5.74, 6) is -0.789. The molecular weight excluding hydrogens is 408 g/mol. The second-order valence-electron chi connectivity index (χ2n) is 6.26. The van der Waals surface area contributed by atoms with E-state index in [9.17, 15) is 9.59 Å². The Balaban J connectivity index is 1.89. The van der Waals surface area contributed by atoms with Gasteiger partial charge in [0.15, 0.2) is 10.9 Å². The predicted molar refractivity (Wildman–Crippen MR) is 118 cm³/mol. The number of nitrogens with one attached hydrogen (secondary N) is 2. The number of thiophene rings is 1. The molecule has 0 unspecified atom stereocenters. The minimum atomic E-state index is -0.476. The molecule has 150 valence electrons. The van der Waals surface area contributed by atoms with Crippen molar-refractivity contribution in [3.05, 3.63) is 64.4 Å². The summed E-state index contributed by atoms with van der Waals surface area (Å²) in [6.45, 7) is 6.06. The fourth-order valence-corrected chi connectivity index (χ4v) is 3.91. The van der Waals surface area contributed by atoms with Crippen LogP contribution in [0.3, 0.4) is 0 Å². The van der Waals surface area contributed by atoms with Crippen LogP contribution in [-0.4, -0.2) is 23.6 Å². The maximum absolute atomic E-state index is 12.7. The van der Waals surface area contributed by atoms with E-state index < -0.39 is 11.9 Å². The standard InChI is InChI=1S/C21H20N2O4S2/c1-4-26-20(25)17-15(14-8-7-12(2)13(3)10-14)11-29-19(17)23-21(28)22-18(24)16-6-5-9-27-16/h5-11H,4H2,1-3H3,(H2,22,23,24,28). The van der Waals surface area contributed by atoms with Crippen LogP contribution in [0.2, 0.25) is 0 Å². The van der Waals surface area contributed by atoms with E-state index in [1.807, 2.05) is 37.4 Å². The normalized spacial score (nSPS) is 10.4. The highest BCUT2D eigenvalue weighted by Crippen LogP contribution is 2.37. The maximum Gasteiger partial charge on any atom is 0.341 e. The number of amides is 1. The summed E-state index contributed by atoms with van der Waals surface area (Å²) in [7, 11) is 0. The van der Waals surface area contributed by atoms with E-state index in [2.05, 4.69) is 10.6 Å². The van der Waals surface area contributed by atoms with Gasteiger partial charge in [-0.3, -0.25) is 10.1 Å². The van der Waals surface area contributed by atoms with E-state index in [0.29, 0.717) is 10.6 Å². The van der Waals surface area contributed by atoms with Crippen LogP contribution in [-0.2, 0) is 4.74 Å². The number of carbonyl (C=O) groups excluding carboxylic acids is 2. The van der Waals surface area contributed by atoms with Gasteiger partial charge >= 0.3 is 5.97 Å². The topological polar surface area (TPSA) is 80.6 Å². The molecule has 0 fully saturated rings. The number of hydrogen-bond donors (Lipinski definition) is 2. The Morgan fingerprint density at radius 3 is 2.66 bits per heavy atom. The van der Waals surface area contributed by atoms with Crippen LogP contribution >= 0.6 is 23.6 Å². The summed E-state index contributed by atoms with van der Waals surface area (Å²) in [5, 5.41) is 7.90. The lowest BCUT2D eigenvalue weighted by atomic mass is 9.99. The first-order valence-electron chi connectivity index (χ1n) is 8.92. The molecule has 3 rings (SSSR count). The zero-order valence-electron chi connectivity index (χ0n) is 16.2. The van der Waals surface area contributed by atoms with Crippen molar-refractivity contribution in [2.45, 2.75) is 20.8 Å². The van der Waals surface area contributed by atoms with Gasteiger partial charge in [-0.2, -0.15) is 0 Å². The number of hydrogen-bond acceptors (Lipinski definition) is 6. The molecule has 0 saturated carbocycles. The van der Waals surface area contributed by atoms with Crippen molar-refractivity contribution in [1.29, 1.82) is 0 Å². The Bertz CT molecular complexity index is 1050. The van der Waals surface area contributed by atoms with Gasteiger partial charge in [0.2, 0.25) is 0 Å². The van der Waals surface area contributed by atoms with Crippen molar-refractivity contribution in [1.82, 2.24) is 5.32 Å². The smallest absolute Gasteiger partial charge is 0.341 e. The van der Waals surface area contributed by atoms with Gasteiger partial charge in [-0.05, 0) is 61.8 Å². The van der Waals surface area contributed by atoms with Crippen molar-refractivity contribution in [3.63, 3.8) is 0 Å². The Labute approximate surface area is 177 Å². The van der Waals surface area contributed by atoms with Crippen molar-refractivity contribution < 1.29 is 18.7 Å². The van der Waals surface area contributed by atoms with Gasteiger partial charge < -0.3 is 14.5 Å². The molecule has 6 nitrogen and oxygen atoms in total. The average Bonchev–Trinajstić information content (AvgIpc) is 3.34. The average molecular weight is 429 g/mol. The molecule has 0 radical (unpaired) electrons. The molecular formula is C21H20N2O4S2. The van der Waals surface area contributed by atoms with E-state index >= 15 is 0 Å². The van der Waals surface area contributed by atoms with Crippen LogP contribution < -0.4 is 10.6 Å². The van der Waals surface area contributed by atoms with Crippen LogP contribution in [0.5, 0.6) is 0 Å². The summed E-state index contributed by atoms with van der Waals surface area (Å²) in [6.07, 6.45) is 1.40. The molecule has 29 heavy (non-hydrogen) atoms. The molecule has 1 aromatic carbocycles. The van der Waals surface area contributed by atoms with Gasteiger partial charge in [-0.15, -0.1) is 11.3 Å². The fourth-order valence-electron chi connectivity index (χ4n) is 2.68. The van der Waals surface area contributed by atoms with Crippen molar-refractivity contribution in [2.75, 3.05) is 11.9 Å². The first-order valence-corrected chi connectivity index (χ1v) is 10.2. The molecule has 8 heteroatoms. The Morgan fingerprint density at radius 1 is 1.21 bits per heavy atom. The van der Waals surface area contributed by atoms with Crippen LogP contribution in [0, 0.1) is 13.8 Å². The van der Waals surface area contributed by atoms with E-state index in [1.54, 1.807) is 13.0 Å². The number of ether oxygens (including phenoxy) is 1. The minimum absolute atomic E-state index is 0.0606. The molecule has 0 spiro atoms. The first-order chi connectivity index (χ1) is 13.9. The molecule has 1 amide bonds. The third-order valence-corrected chi connectivity index (χ3v) is 5.39. The summed E-state index contributed by atoms with van der Waals surface area (Å²) < 4.78 is 10.3. The summed E-state index contributed by atoms with van der Waals surface area (Å²) in [4.78, 5) is 24.8. The minimum Gasteiger partial charge on any atom is -0.462 e. The third kappa shape index (κ3) is 4.72. The number of rotatable bonds is 5. The van der Waals surface area contributed by atoms with Gasteiger partial charge in [0.25, 0.3) is 5.91 Å². The molecule has 0 aliphatic heterocycles. The Hall–Kier alpha value is -2.97. The third-order valence-electron chi connectivity index (χ3n) is 4.29. The number of aryl methyl sites for hydroxylation is 2. The van der Waals surface area contributed by atoms with E-state index in [0.717, 1.165) is 16.7 Å². The fraction of sp³-hybridized carbons (Fsp3) is 0.190. The van der Waals surface area contributed by atoms with Gasteiger partial charge in [-0.1, -0.05) is 18.2 Å². The molecule has 0 bridgehead atoms. The number of thiocarbonyl (C=S) groups is 1. The quantitative estimate of drug-likeness (QED) is 0.443. The lowest BCUT2D eigenvalue weighted by Gasteiger charge is -2.11. The number of esters is 1. The largest absolute Gasteiger partial charge is 0.462 e. The molecule has 0 saturated heterocycles. The van der Waals surface area contributed by atoms with Gasteiger partial charge in [0.05, 0.1) is 12.9 Å². The zero-order chi connectivity index (χ0) is 21.0. The summed E-state index contributed by atoms with van der Waals surface area (Å²) >= 11 is 6.54. The van der Waals surface area contributed by atoms with Gasteiger partial charge in [0, 0.05) is 10.9 Å². The van der Waals surface area contributed by atoms with Gasteiger partial charge in [-0.25, -0.2) is 4.79 Å². The van der Waals surface area contributed by atoms with Crippen molar-refractivity contribution >= 4 is 45.5 Å². The SMILES string of the molecule is CCOC(=O)c1c(-c2ccc(C)c(C)c2)csc1NC(=S)NC(=O)c1ccco1. The van der Waals surface area contributed by atoms with Crippen LogP contribution in [0.1, 0.15) is 39.0 Å². The van der Waals surface area contributed by atoms with E-state index in [4.69, 9.17) is 21.4 Å². The van der Waals surface area contributed by atoms with Crippen molar-refractivity contribution in [2.24, 2.45) is 0 Å². The second-order valence-corrected chi connectivity index (χ2v) is 7.55. The Morgan fingerprint density at radius 2 is 2.00 bits per heavy atom. The molecule has 2 aromatic heterocycles. The molecule has 3 aromatic rings. The number of benzene rings is 1. The highest BCUT2D eigenvalue weighted by molar-refractivity contribution is 7.80. The zero-order valence-corrected chi connectivity index (χ0v) is 17.8. The second kappa shape index (κ2) is 9.02. The predicted octanol–water partition coefficient (Wildman–Crippen LogP) is 4.93. The van der Waals surface area contributed by atoms with Gasteiger partial charge in [0.1, 0.15) is 10.6 Å². The lowest BCUT2D eigenvalue weighted by Crippen LogP contribution is -2.34. The lowest BCUT2D eigenvalue weighted by molar-refractivity contribution is 0.0529. The van der Waals surface area contributed by atoms with Crippen LogP contribution in [0.4, 0.5) is 5.00 Å². The molecule has 2 heterocycles. The van der Waals surface area contributed by atoms with Crippen LogP contribution in [0.15, 0.2) is 46.4 Å². The number of carbonyl (C=O) groups is 2. The number of anilines is 1. The maximum atomic E-state index is 12.7.